The van der Waals surface area contributed by atoms with Gasteiger partial charge in [-0.25, -0.2) is 4.39 Å². The Morgan fingerprint density at radius 2 is 1.93 bits per heavy atom. The highest BCUT2D eigenvalue weighted by molar-refractivity contribution is 5.86. The van der Waals surface area contributed by atoms with Gasteiger partial charge >= 0.3 is 0 Å². The summed E-state index contributed by atoms with van der Waals surface area (Å²) in [6.45, 7) is 16.9. The van der Waals surface area contributed by atoms with Gasteiger partial charge in [-0.1, -0.05) is 51.3 Å². The van der Waals surface area contributed by atoms with Crippen molar-refractivity contribution in [1.29, 1.82) is 0 Å². The summed E-state index contributed by atoms with van der Waals surface area (Å²) in [6, 6.07) is 11.3. The van der Waals surface area contributed by atoms with Crippen LogP contribution in [0.1, 0.15) is 64.0 Å². The number of hydrogen-bond donors (Lipinski definition) is 0. The first-order valence-corrected chi connectivity index (χ1v) is 16.2. The van der Waals surface area contributed by atoms with Crippen LogP contribution in [0.25, 0.3) is 10.9 Å². The maximum Gasteiger partial charge on any atom is 0.167 e. The molecule has 2 aromatic carbocycles. The molecule has 0 bridgehead atoms. The number of benzene rings is 2. The fourth-order valence-electron chi connectivity index (χ4n) is 6.13. The molecule has 5 heteroatoms. The summed E-state index contributed by atoms with van der Waals surface area (Å²) in [5.74, 6) is 1.56. The summed E-state index contributed by atoms with van der Waals surface area (Å²) in [7, 11) is 4.14. The van der Waals surface area contributed by atoms with E-state index in [2.05, 4.69) is 68.2 Å². The molecule has 1 aliphatic heterocycles. The number of anilines is 1. The van der Waals surface area contributed by atoms with E-state index in [0.717, 1.165) is 53.9 Å². The normalized spacial score (nSPS) is 15.5. The number of aromatic nitrogens is 1. The number of hydrogen-bond acceptors (Lipinski definition) is 4. The van der Waals surface area contributed by atoms with E-state index in [4.69, 9.17) is 4.74 Å². The molecular weight excluding hydrogens is 545 g/mol. The Labute approximate surface area is 264 Å². The van der Waals surface area contributed by atoms with Crippen molar-refractivity contribution in [1.82, 2.24) is 9.88 Å². The molecule has 4 nitrogen and oxygen atoms in total. The van der Waals surface area contributed by atoms with E-state index >= 15 is 4.39 Å². The SMILES string of the molecule is C=C/C=C(\C=C/C)C(C)CCC(=C)N(C)c1ccc(Oc2ccnc3cc(CCC4CCN(C)CC4)c(CC)cc23)c(F)c1. The van der Waals surface area contributed by atoms with Gasteiger partial charge in [-0.15, -0.1) is 0 Å². The lowest BCUT2D eigenvalue weighted by molar-refractivity contribution is 0.212. The van der Waals surface area contributed by atoms with Crippen molar-refractivity contribution in [3.05, 3.63) is 108 Å². The first-order valence-electron chi connectivity index (χ1n) is 16.2. The predicted octanol–water partition coefficient (Wildman–Crippen LogP) is 10.1. The van der Waals surface area contributed by atoms with Gasteiger partial charge in [-0.2, -0.15) is 0 Å². The van der Waals surface area contributed by atoms with Gasteiger partial charge in [0.25, 0.3) is 0 Å². The number of aryl methyl sites for hydroxylation is 2. The van der Waals surface area contributed by atoms with Gasteiger partial charge < -0.3 is 14.5 Å². The van der Waals surface area contributed by atoms with Crippen LogP contribution in [0.15, 0.2) is 91.3 Å². The van der Waals surface area contributed by atoms with Gasteiger partial charge in [0.2, 0.25) is 0 Å². The summed E-state index contributed by atoms with van der Waals surface area (Å²) < 4.78 is 21.6. The molecular formula is C39H50FN3O. The summed E-state index contributed by atoms with van der Waals surface area (Å²) in [5.41, 5.74) is 6.48. The van der Waals surface area contributed by atoms with Crippen molar-refractivity contribution in [2.45, 2.75) is 65.7 Å². The molecule has 234 valence electrons. The third kappa shape index (κ3) is 8.47. The third-order valence-corrected chi connectivity index (χ3v) is 9.17. The molecule has 1 unspecified atom stereocenters. The topological polar surface area (TPSA) is 28.6 Å². The fourth-order valence-corrected chi connectivity index (χ4v) is 6.13. The molecule has 0 radical (unpaired) electrons. The largest absolute Gasteiger partial charge is 0.454 e. The molecule has 0 saturated carbocycles. The van der Waals surface area contributed by atoms with Gasteiger partial charge in [0, 0.05) is 36.1 Å². The molecule has 2 heterocycles. The molecule has 0 amide bonds. The summed E-state index contributed by atoms with van der Waals surface area (Å²) in [6.07, 6.45) is 17.3. The zero-order valence-corrected chi connectivity index (χ0v) is 27.4. The lowest BCUT2D eigenvalue weighted by Gasteiger charge is -2.29. The standard InChI is InChI=1S/C39H50FN3O/c1-8-11-32(12-9-2)28(4)13-14-29(5)43(7)34-17-18-39(36(40)27-34)44-38-19-22-41-37-26-33(31(10-3)25-35(37)38)16-15-30-20-23-42(6)24-21-30/h8-9,11-12,17-19,22,25-28,30H,1,5,10,13-16,20-21,23-24H2,2-4,6-7H3/b12-9-,32-11+. The zero-order chi connectivity index (χ0) is 31.6. The van der Waals surface area contributed by atoms with Crippen LogP contribution in [-0.4, -0.2) is 37.1 Å². The number of fused-ring (bicyclic) bond motifs is 1. The van der Waals surface area contributed by atoms with Crippen LogP contribution in [0, 0.1) is 17.7 Å². The molecule has 1 atom stereocenters. The molecule has 4 rings (SSSR count). The molecule has 1 saturated heterocycles. The highest BCUT2D eigenvalue weighted by atomic mass is 19.1. The highest BCUT2D eigenvalue weighted by Gasteiger charge is 2.18. The molecule has 0 spiro atoms. The Bertz CT molecular complexity index is 1500. The number of pyridine rings is 1. The second-order valence-electron chi connectivity index (χ2n) is 12.3. The summed E-state index contributed by atoms with van der Waals surface area (Å²) in [4.78, 5) is 9.03. The Morgan fingerprint density at radius 1 is 1.16 bits per heavy atom. The lowest BCUT2D eigenvalue weighted by Crippen LogP contribution is -2.30. The number of halogens is 1. The minimum absolute atomic E-state index is 0.198. The quantitative estimate of drug-likeness (QED) is 0.173. The van der Waals surface area contributed by atoms with E-state index in [1.165, 1.54) is 55.1 Å². The van der Waals surface area contributed by atoms with Crippen LogP contribution in [0.3, 0.4) is 0 Å². The Morgan fingerprint density at radius 3 is 2.61 bits per heavy atom. The number of piperidine rings is 1. The molecule has 0 N–H and O–H groups in total. The monoisotopic (exact) mass is 595 g/mol. The molecule has 1 fully saturated rings. The first kappa shape index (κ1) is 33.2. The van der Waals surface area contributed by atoms with E-state index in [1.54, 1.807) is 12.3 Å². The predicted molar refractivity (Wildman–Crippen MR) is 185 cm³/mol. The highest BCUT2D eigenvalue weighted by Crippen LogP contribution is 2.35. The van der Waals surface area contributed by atoms with Gasteiger partial charge in [0.1, 0.15) is 5.75 Å². The Hall–Kier alpha value is -3.70. The van der Waals surface area contributed by atoms with E-state index < -0.39 is 5.82 Å². The lowest BCUT2D eigenvalue weighted by atomic mass is 9.89. The van der Waals surface area contributed by atoms with Crippen molar-refractivity contribution in [3.63, 3.8) is 0 Å². The van der Waals surface area contributed by atoms with E-state index in [9.17, 15) is 0 Å². The van der Waals surface area contributed by atoms with Crippen molar-refractivity contribution in [2.24, 2.45) is 11.8 Å². The smallest absolute Gasteiger partial charge is 0.167 e. The Balaban J connectivity index is 1.45. The van der Waals surface area contributed by atoms with Crippen LogP contribution in [0.4, 0.5) is 10.1 Å². The van der Waals surface area contributed by atoms with Gasteiger partial charge in [0.05, 0.1) is 5.52 Å². The molecule has 3 aromatic rings. The maximum absolute atomic E-state index is 15.4. The molecule has 0 aliphatic carbocycles. The Kier molecular flexibility index (Phi) is 12.0. The summed E-state index contributed by atoms with van der Waals surface area (Å²) in [5, 5.41) is 0.915. The average molecular weight is 596 g/mol. The van der Waals surface area contributed by atoms with Crippen LogP contribution < -0.4 is 9.64 Å². The van der Waals surface area contributed by atoms with E-state index in [1.807, 2.05) is 43.2 Å². The number of rotatable bonds is 14. The fraction of sp³-hybridized carbons (Fsp3) is 0.410. The number of allylic oxidation sites excluding steroid dienone is 6. The second kappa shape index (κ2) is 15.9. The van der Waals surface area contributed by atoms with E-state index in [-0.39, 0.29) is 5.75 Å². The van der Waals surface area contributed by atoms with Crippen molar-refractivity contribution < 1.29 is 9.13 Å². The third-order valence-electron chi connectivity index (χ3n) is 9.17. The summed E-state index contributed by atoms with van der Waals surface area (Å²) >= 11 is 0. The number of ether oxygens (including phenoxy) is 1. The van der Waals surface area contributed by atoms with Crippen molar-refractivity contribution in [2.75, 3.05) is 32.1 Å². The molecule has 44 heavy (non-hydrogen) atoms. The average Bonchev–Trinajstić information content (AvgIpc) is 3.03. The van der Waals surface area contributed by atoms with Gasteiger partial charge in [-0.05, 0) is 131 Å². The number of likely N-dealkylation sites (tertiary alicyclic amines) is 1. The van der Waals surface area contributed by atoms with Gasteiger partial charge in [-0.3, -0.25) is 4.98 Å². The van der Waals surface area contributed by atoms with Crippen LogP contribution in [0.5, 0.6) is 11.5 Å². The van der Waals surface area contributed by atoms with E-state index in [0.29, 0.717) is 11.7 Å². The van der Waals surface area contributed by atoms with Crippen molar-refractivity contribution in [3.8, 4) is 11.5 Å². The second-order valence-corrected chi connectivity index (χ2v) is 12.3. The van der Waals surface area contributed by atoms with Crippen molar-refractivity contribution >= 4 is 16.6 Å². The zero-order valence-electron chi connectivity index (χ0n) is 27.4. The maximum atomic E-state index is 15.4. The number of nitrogens with zero attached hydrogens (tertiary/aromatic N) is 3. The molecule has 1 aliphatic rings. The van der Waals surface area contributed by atoms with Crippen LogP contribution >= 0.6 is 0 Å². The van der Waals surface area contributed by atoms with Gasteiger partial charge in [0.15, 0.2) is 11.6 Å². The first-order chi connectivity index (χ1) is 21.2. The molecule has 1 aromatic heterocycles. The van der Waals surface area contributed by atoms with Crippen LogP contribution in [-0.2, 0) is 12.8 Å². The minimum atomic E-state index is -0.407. The minimum Gasteiger partial charge on any atom is -0.454 e. The van der Waals surface area contributed by atoms with Crippen LogP contribution in [0.2, 0.25) is 0 Å².